The zero-order chi connectivity index (χ0) is 29.4. The third kappa shape index (κ3) is 8.44. The van der Waals surface area contributed by atoms with Gasteiger partial charge in [0.25, 0.3) is 11.8 Å². The van der Waals surface area contributed by atoms with Crippen LogP contribution >= 0.6 is 35.0 Å². The maximum Gasteiger partial charge on any atom is 0.272 e. The van der Waals surface area contributed by atoms with E-state index in [1.54, 1.807) is 85.8 Å². The fourth-order valence-corrected chi connectivity index (χ4v) is 4.91. The van der Waals surface area contributed by atoms with Gasteiger partial charge in [0, 0.05) is 26.7 Å². The number of rotatable bonds is 9. The average molecular weight is 609 g/mol. The molecule has 0 spiro atoms. The molecule has 0 saturated carbocycles. The fraction of sp³-hybridized carbons (Fsp3) is 0.0645. The highest BCUT2D eigenvalue weighted by molar-refractivity contribution is 8.00. The summed E-state index contributed by atoms with van der Waals surface area (Å²) in [5.74, 6) is -1.92. The number of carbonyl (C=O) groups excluding carboxylic acids is 3. The van der Waals surface area contributed by atoms with E-state index in [0.717, 1.165) is 4.90 Å². The number of carbonyl (C=O) groups is 3. The van der Waals surface area contributed by atoms with E-state index < -0.39 is 22.9 Å². The molecular weight excluding hydrogens is 584 g/mol. The van der Waals surface area contributed by atoms with Crippen LogP contribution in [0, 0.1) is 5.82 Å². The third-order valence-corrected chi connectivity index (χ3v) is 7.38. The second-order valence-electron chi connectivity index (χ2n) is 8.75. The van der Waals surface area contributed by atoms with Gasteiger partial charge in [-0.1, -0.05) is 59.6 Å². The topological polar surface area (TPSA) is 87.3 Å². The van der Waals surface area contributed by atoms with E-state index in [2.05, 4.69) is 16.0 Å². The van der Waals surface area contributed by atoms with Gasteiger partial charge in [0.2, 0.25) is 5.91 Å². The minimum Gasteiger partial charge on any atom is -0.324 e. The van der Waals surface area contributed by atoms with Gasteiger partial charge < -0.3 is 16.0 Å². The molecule has 0 radical (unpaired) electrons. The quantitative estimate of drug-likeness (QED) is 0.135. The van der Waals surface area contributed by atoms with E-state index in [0.29, 0.717) is 27.0 Å². The van der Waals surface area contributed by atoms with Crippen molar-refractivity contribution in [2.24, 2.45) is 0 Å². The Bertz CT molecular complexity index is 1600. The number of amides is 3. The van der Waals surface area contributed by atoms with E-state index in [1.165, 1.54) is 36.0 Å². The molecule has 10 heteroatoms. The van der Waals surface area contributed by atoms with Crippen LogP contribution in [0.5, 0.6) is 0 Å². The maximum atomic E-state index is 14.3. The van der Waals surface area contributed by atoms with Gasteiger partial charge >= 0.3 is 0 Å². The lowest BCUT2D eigenvalue weighted by Gasteiger charge is -2.14. The predicted octanol–water partition coefficient (Wildman–Crippen LogP) is 7.66. The van der Waals surface area contributed by atoms with Gasteiger partial charge in [-0.15, -0.1) is 11.8 Å². The van der Waals surface area contributed by atoms with Crippen molar-refractivity contribution in [3.05, 3.63) is 130 Å². The summed E-state index contributed by atoms with van der Waals surface area (Å²) in [6.45, 7) is 1.76. The second kappa shape index (κ2) is 14.0. The van der Waals surface area contributed by atoms with Crippen LogP contribution in [0.2, 0.25) is 10.0 Å². The van der Waals surface area contributed by atoms with Crippen LogP contribution in [0.15, 0.2) is 108 Å². The second-order valence-corrected chi connectivity index (χ2v) is 11.0. The number of hydrogen-bond acceptors (Lipinski definition) is 4. The van der Waals surface area contributed by atoms with E-state index in [9.17, 15) is 18.8 Å². The number of nitrogens with one attached hydrogen (secondary N) is 3. The molecule has 3 amide bonds. The Morgan fingerprint density at radius 3 is 2.22 bits per heavy atom. The summed E-state index contributed by atoms with van der Waals surface area (Å²) in [5, 5.41) is 8.45. The number of thioether (sulfide) groups is 1. The van der Waals surface area contributed by atoms with Gasteiger partial charge in [-0.3, -0.25) is 14.4 Å². The molecule has 4 aromatic carbocycles. The summed E-state index contributed by atoms with van der Waals surface area (Å²) < 4.78 is 14.3. The Morgan fingerprint density at radius 1 is 0.854 bits per heavy atom. The number of benzene rings is 4. The van der Waals surface area contributed by atoms with Gasteiger partial charge in [-0.25, -0.2) is 4.39 Å². The molecule has 1 atom stereocenters. The summed E-state index contributed by atoms with van der Waals surface area (Å²) in [7, 11) is 0. The van der Waals surface area contributed by atoms with Crippen LogP contribution in [0.1, 0.15) is 22.8 Å². The molecule has 41 heavy (non-hydrogen) atoms. The summed E-state index contributed by atoms with van der Waals surface area (Å²) in [6.07, 6.45) is 1.28. The Hall–Kier alpha value is -4.11. The first-order chi connectivity index (χ1) is 19.7. The summed E-state index contributed by atoms with van der Waals surface area (Å²) in [4.78, 5) is 39.4. The molecule has 0 aliphatic heterocycles. The largest absolute Gasteiger partial charge is 0.324 e. The fourth-order valence-electron chi connectivity index (χ4n) is 3.59. The highest BCUT2D eigenvalue weighted by Crippen LogP contribution is 2.29. The average Bonchev–Trinajstić information content (AvgIpc) is 2.96. The monoisotopic (exact) mass is 607 g/mol. The Kier molecular flexibility index (Phi) is 10.2. The number of anilines is 2. The summed E-state index contributed by atoms with van der Waals surface area (Å²) in [5.41, 5.74) is 1.26. The van der Waals surface area contributed by atoms with E-state index in [1.807, 2.05) is 0 Å². The molecule has 208 valence electrons. The Morgan fingerprint density at radius 2 is 1.54 bits per heavy atom. The van der Waals surface area contributed by atoms with Crippen LogP contribution in [0.25, 0.3) is 6.08 Å². The zero-order valence-electron chi connectivity index (χ0n) is 21.7. The molecule has 1 unspecified atom stereocenters. The van der Waals surface area contributed by atoms with Crippen LogP contribution < -0.4 is 16.0 Å². The molecule has 0 aliphatic carbocycles. The van der Waals surface area contributed by atoms with Crippen molar-refractivity contribution in [2.75, 3.05) is 10.6 Å². The molecule has 0 fully saturated rings. The molecular formula is C31H24Cl2FN3O3S. The SMILES string of the molecule is CC(Sc1ccc(NC(=O)/C(=C/c2ccccc2F)NC(=O)c2ccccc2)cc1)C(=O)Nc1ccc(Cl)cc1Cl. The molecule has 0 aromatic heterocycles. The summed E-state index contributed by atoms with van der Waals surface area (Å²) >= 11 is 13.4. The molecule has 0 aliphatic rings. The standard InChI is InChI=1S/C31H24Cl2FN3O3S/c1-19(29(38)36-27-16-11-22(32)18-25(27)33)41-24-14-12-23(13-15-24)35-31(40)28(17-21-9-5-6-10-26(21)34)37-30(39)20-7-3-2-4-8-20/h2-19H,1H3,(H,35,40)(H,36,38)(H,37,39)/b28-17-. The van der Waals surface area contributed by atoms with Crippen molar-refractivity contribution in [1.29, 1.82) is 0 Å². The Balaban J connectivity index is 1.43. The predicted molar refractivity (Wildman–Crippen MR) is 164 cm³/mol. The van der Waals surface area contributed by atoms with Gasteiger partial charge in [-0.2, -0.15) is 0 Å². The minimum atomic E-state index is -0.634. The van der Waals surface area contributed by atoms with E-state index in [4.69, 9.17) is 23.2 Å². The Labute approximate surface area is 250 Å². The molecule has 0 saturated heterocycles. The van der Waals surface area contributed by atoms with Crippen molar-refractivity contribution in [3.8, 4) is 0 Å². The van der Waals surface area contributed by atoms with Crippen LogP contribution in [-0.4, -0.2) is 23.0 Å². The molecule has 4 aromatic rings. The lowest BCUT2D eigenvalue weighted by molar-refractivity contribution is -0.115. The normalized spacial score (nSPS) is 11.9. The minimum absolute atomic E-state index is 0.131. The van der Waals surface area contributed by atoms with Gasteiger partial charge in [0.05, 0.1) is 16.0 Å². The van der Waals surface area contributed by atoms with E-state index >= 15 is 0 Å². The smallest absolute Gasteiger partial charge is 0.272 e. The highest BCUT2D eigenvalue weighted by Gasteiger charge is 2.18. The van der Waals surface area contributed by atoms with Crippen molar-refractivity contribution >= 4 is 70.1 Å². The molecule has 4 rings (SSSR count). The first-order valence-electron chi connectivity index (χ1n) is 12.4. The highest BCUT2D eigenvalue weighted by atomic mass is 35.5. The lowest BCUT2D eigenvalue weighted by atomic mass is 10.1. The van der Waals surface area contributed by atoms with Gasteiger partial charge in [-0.05, 0) is 73.7 Å². The van der Waals surface area contributed by atoms with Crippen molar-refractivity contribution in [2.45, 2.75) is 17.1 Å². The van der Waals surface area contributed by atoms with Crippen LogP contribution in [-0.2, 0) is 9.59 Å². The first kappa shape index (κ1) is 29.9. The van der Waals surface area contributed by atoms with Crippen molar-refractivity contribution < 1.29 is 18.8 Å². The van der Waals surface area contributed by atoms with Crippen LogP contribution in [0.4, 0.5) is 15.8 Å². The van der Waals surface area contributed by atoms with Crippen molar-refractivity contribution in [3.63, 3.8) is 0 Å². The molecule has 0 bridgehead atoms. The van der Waals surface area contributed by atoms with Gasteiger partial charge in [0.1, 0.15) is 11.5 Å². The molecule has 0 heterocycles. The first-order valence-corrected chi connectivity index (χ1v) is 14.0. The van der Waals surface area contributed by atoms with E-state index in [-0.39, 0.29) is 17.2 Å². The zero-order valence-corrected chi connectivity index (χ0v) is 24.0. The number of halogens is 3. The van der Waals surface area contributed by atoms with Crippen LogP contribution in [0.3, 0.4) is 0 Å². The van der Waals surface area contributed by atoms with Gasteiger partial charge in [0.15, 0.2) is 0 Å². The molecule has 6 nitrogen and oxygen atoms in total. The maximum absolute atomic E-state index is 14.3. The number of hydrogen-bond donors (Lipinski definition) is 3. The third-order valence-electron chi connectivity index (χ3n) is 5.72. The molecule has 3 N–H and O–H groups in total. The lowest BCUT2D eigenvalue weighted by Crippen LogP contribution is -2.30. The van der Waals surface area contributed by atoms with Crippen molar-refractivity contribution in [1.82, 2.24) is 5.32 Å². The summed E-state index contributed by atoms with van der Waals surface area (Å²) in [6, 6.07) is 26.0.